The topological polar surface area (TPSA) is 47.4 Å². The summed E-state index contributed by atoms with van der Waals surface area (Å²) in [5.41, 5.74) is 9.93. The van der Waals surface area contributed by atoms with E-state index < -0.39 is 0 Å². The largest absolute Gasteiger partial charge is 0.308 e. The molecule has 0 unspecified atom stereocenters. The van der Waals surface area contributed by atoms with Gasteiger partial charge < -0.3 is 4.40 Å². The predicted octanol–water partition coefficient (Wildman–Crippen LogP) is 9.65. The molecule has 7 aromatic carbocycles. The molecule has 228 valence electrons. The van der Waals surface area contributed by atoms with E-state index in [0.717, 1.165) is 55.2 Å². The van der Waals surface area contributed by atoms with Crippen molar-refractivity contribution < 1.29 is 0 Å². The van der Waals surface area contributed by atoms with Crippen molar-refractivity contribution in [1.82, 2.24) is 13.4 Å². The zero-order valence-corrected chi connectivity index (χ0v) is 26.1. The lowest BCUT2D eigenvalue weighted by molar-refractivity contribution is 0.841. The van der Waals surface area contributed by atoms with Gasteiger partial charge in [-0.2, -0.15) is 4.52 Å². The zero-order valence-electron chi connectivity index (χ0n) is 26.1. The Morgan fingerprint density at radius 1 is 0.347 bits per heavy atom. The summed E-state index contributed by atoms with van der Waals surface area (Å²) in [5, 5.41) is 5.71. The number of aromatic nitrogens is 3. The van der Waals surface area contributed by atoms with Crippen molar-refractivity contribution in [1.29, 1.82) is 0 Å². The molecule has 0 saturated heterocycles. The van der Waals surface area contributed by atoms with Crippen LogP contribution in [0.1, 0.15) is 0 Å². The van der Waals surface area contributed by atoms with Gasteiger partial charge >= 0.3 is 0 Å². The van der Waals surface area contributed by atoms with Gasteiger partial charge in [-0.15, -0.1) is 0 Å². The van der Waals surface area contributed by atoms with Gasteiger partial charge in [-0.05, 0) is 69.8 Å². The molecule has 0 bridgehead atoms. The van der Waals surface area contributed by atoms with Gasteiger partial charge in [0.1, 0.15) is 0 Å². The van der Waals surface area contributed by atoms with Crippen molar-refractivity contribution in [3.05, 3.63) is 172 Å². The number of fused-ring (bicyclic) bond motifs is 11. The van der Waals surface area contributed by atoms with E-state index in [0.29, 0.717) is 21.8 Å². The van der Waals surface area contributed by atoms with Crippen molar-refractivity contribution in [2.45, 2.75) is 0 Å². The Bertz CT molecular complexity index is 3170. The first-order valence-electron chi connectivity index (χ1n) is 16.5. The van der Waals surface area contributed by atoms with Gasteiger partial charge in [-0.25, -0.2) is 4.52 Å². The van der Waals surface area contributed by atoms with E-state index in [2.05, 4.69) is 83.3 Å². The molecule has 0 aliphatic carbocycles. The van der Waals surface area contributed by atoms with Crippen molar-refractivity contribution >= 4 is 59.9 Å². The summed E-state index contributed by atoms with van der Waals surface area (Å²) >= 11 is 0. The van der Waals surface area contributed by atoms with Crippen LogP contribution in [0, 0.1) is 0 Å². The van der Waals surface area contributed by atoms with Crippen LogP contribution in [0.25, 0.3) is 93.3 Å². The van der Waals surface area contributed by atoms with Crippen LogP contribution in [0.4, 0.5) is 0 Å². The minimum atomic E-state index is -0.313. The number of benzene rings is 7. The highest BCUT2D eigenvalue weighted by atomic mass is 16.2. The third kappa shape index (κ3) is 3.33. The van der Waals surface area contributed by atoms with E-state index in [1.807, 2.05) is 77.3 Å². The normalized spacial score (nSPS) is 12.2. The first-order valence-corrected chi connectivity index (χ1v) is 16.5. The Balaban J connectivity index is 1.21. The molecular weight excluding hydrogens is 603 g/mol. The molecule has 11 aromatic rings. The second kappa shape index (κ2) is 9.43. The summed E-state index contributed by atoms with van der Waals surface area (Å²) < 4.78 is 5.49. The fourth-order valence-electron chi connectivity index (χ4n) is 8.37. The maximum Gasteiger partial charge on any atom is 0.283 e. The van der Waals surface area contributed by atoms with Gasteiger partial charge in [0.15, 0.2) is 0 Å². The molecule has 0 spiro atoms. The van der Waals surface area contributed by atoms with Gasteiger partial charge in [0.05, 0.1) is 38.4 Å². The molecule has 4 aromatic heterocycles. The van der Waals surface area contributed by atoms with Crippen LogP contribution in [0.2, 0.25) is 0 Å². The lowest BCUT2D eigenvalue weighted by Gasteiger charge is -2.11. The Morgan fingerprint density at radius 2 is 0.837 bits per heavy atom. The lowest BCUT2D eigenvalue weighted by atomic mass is 9.93. The van der Waals surface area contributed by atoms with Gasteiger partial charge in [0.2, 0.25) is 0 Å². The number of rotatable bonds is 3. The van der Waals surface area contributed by atoms with Crippen LogP contribution in [-0.2, 0) is 0 Å². The van der Waals surface area contributed by atoms with Crippen LogP contribution in [0.15, 0.2) is 161 Å². The molecule has 0 saturated carbocycles. The molecule has 5 nitrogen and oxygen atoms in total. The molecule has 0 radical (unpaired) electrons. The zero-order chi connectivity index (χ0) is 32.4. The Hall–Kier alpha value is -6.72. The van der Waals surface area contributed by atoms with Crippen molar-refractivity contribution in [2.24, 2.45) is 0 Å². The Morgan fingerprint density at radius 3 is 1.49 bits per heavy atom. The molecular formula is C44H25N3O2. The standard InChI is InChI=1S/C44H25N3O2/c48-43-40-29(27-24-34-31-16-6-8-20-36(31)45-37-21-9-7-17-32(37)35(25-27)42(34)45)18-10-22-38(40)46-39-23-11-19-33(41(39)44(49)47(43)46)30-15-5-4-14-28(30)26-12-2-1-3-13-26/h1-25H. The van der Waals surface area contributed by atoms with E-state index in [1.54, 1.807) is 0 Å². The van der Waals surface area contributed by atoms with E-state index in [9.17, 15) is 9.59 Å². The van der Waals surface area contributed by atoms with Crippen LogP contribution < -0.4 is 11.1 Å². The molecule has 11 rings (SSSR count). The van der Waals surface area contributed by atoms with Crippen LogP contribution in [0.5, 0.6) is 0 Å². The number of hydrogen-bond acceptors (Lipinski definition) is 2. The molecule has 4 heterocycles. The van der Waals surface area contributed by atoms with E-state index in [-0.39, 0.29) is 11.1 Å². The summed E-state index contributed by atoms with van der Waals surface area (Å²) in [6.07, 6.45) is 0. The SMILES string of the molecule is O=c1c2c(-c3cc4c5ccccc5n5c6ccccc6c(c3)c45)cccc2n2c3cccc(-c4ccccc4-c4ccccc4)c3c(=O)n12. The quantitative estimate of drug-likeness (QED) is 0.196. The molecule has 0 aliphatic heterocycles. The highest BCUT2D eigenvalue weighted by molar-refractivity contribution is 6.24. The summed E-state index contributed by atoms with van der Waals surface area (Å²) in [7, 11) is 0. The minimum absolute atomic E-state index is 0.312. The average molecular weight is 628 g/mol. The molecule has 0 N–H and O–H groups in total. The molecule has 0 atom stereocenters. The van der Waals surface area contributed by atoms with E-state index in [1.165, 1.54) is 20.8 Å². The maximum absolute atomic E-state index is 14.5. The summed E-state index contributed by atoms with van der Waals surface area (Å²) in [6, 6.07) is 51.6. The van der Waals surface area contributed by atoms with Gasteiger partial charge in [-0.1, -0.05) is 115 Å². The Kier molecular flexibility index (Phi) is 5.07. The Labute approximate surface area is 278 Å². The van der Waals surface area contributed by atoms with Crippen LogP contribution in [-0.4, -0.2) is 13.4 Å². The highest BCUT2D eigenvalue weighted by Gasteiger charge is 2.24. The van der Waals surface area contributed by atoms with Crippen molar-refractivity contribution in [3.8, 4) is 33.4 Å². The van der Waals surface area contributed by atoms with Crippen LogP contribution in [0.3, 0.4) is 0 Å². The number of nitrogens with zero attached hydrogens (tertiary/aromatic N) is 3. The number of para-hydroxylation sites is 2. The van der Waals surface area contributed by atoms with Gasteiger partial charge in [0.25, 0.3) is 11.1 Å². The van der Waals surface area contributed by atoms with E-state index >= 15 is 0 Å². The second-order valence-electron chi connectivity index (χ2n) is 12.8. The molecule has 49 heavy (non-hydrogen) atoms. The first kappa shape index (κ1) is 26.4. The van der Waals surface area contributed by atoms with Crippen LogP contribution >= 0.6 is 0 Å². The average Bonchev–Trinajstić information content (AvgIpc) is 3.87. The highest BCUT2D eigenvalue weighted by Crippen LogP contribution is 2.42. The first-order chi connectivity index (χ1) is 24.2. The predicted molar refractivity (Wildman–Crippen MR) is 201 cm³/mol. The molecule has 0 aliphatic rings. The van der Waals surface area contributed by atoms with Crippen molar-refractivity contribution in [3.63, 3.8) is 0 Å². The minimum Gasteiger partial charge on any atom is -0.308 e. The monoisotopic (exact) mass is 627 g/mol. The fraction of sp³-hybridized carbons (Fsp3) is 0. The summed E-state index contributed by atoms with van der Waals surface area (Å²) in [6.45, 7) is 0. The van der Waals surface area contributed by atoms with Gasteiger partial charge in [0, 0.05) is 21.5 Å². The third-order valence-electron chi connectivity index (χ3n) is 10.4. The summed E-state index contributed by atoms with van der Waals surface area (Å²) in [4.78, 5) is 29.0. The summed E-state index contributed by atoms with van der Waals surface area (Å²) in [5.74, 6) is 0. The molecule has 0 amide bonds. The maximum atomic E-state index is 14.5. The van der Waals surface area contributed by atoms with E-state index in [4.69, 9.17) is 0 Å². The van der Waals surface area contributed by atoms with Crippen molar-refractivity contribution in [2.75, 3.05) is 0 Å². The third-order valence-corrected chi connectivity index (χ3v) is 10.4. The number of hydrogen-bond donors (Lipinski definition) is 0. The second-order valence-corrected chi connectivity index (χ2v) is 12.8. The molecule has 5 heteroatoms. The lowest BCUT2D eigenvalue weighted by Crippen LogP contribution is -2.21. The fourth-order valence-corrected chi connectivity index (χ4v) is 8.37. The van der Waals surface area contributed by atoms with Gasteiger partial charge in [-0.3, -0.25) is 9.59 Å². The smallest absolute Gasteiger partial charge is 0.283 e. The molecule has 0 fully saturated rings.